The molecule has 1 aliphatic carbocycles. The zero-order valence-corrected chi connectivity index (χ0v) is 13.5. The van der Waals surface area contributed by atoms with E-state index in [0.717, 1.165) is 17.4 Å². The maximum absolute atomic E-state index is 12.5. The summed E-state index contributed by atoms with van der Waals surface area (Å²) in [5.74, 6) is 0.624. The molecule has 0 amide bonds. The third-order valence-electron chi connectivity index (χ3n) is 4.00. The lowest BCUT2D eigenvalue weighted by Crippen LogP contribution is -2.36. The van der Waals surface area contributed by atoms with Crippen molar-refractivity contribution in [2.24, 2.45) is 5.92 Å². The van der Waals surface area contributed by atoms with Gasteiger partial charge in [0, 0.05) is 12.1 Å². The molecule has 0 atom stereocenters. The van der Waals surface area contributed by atoms with Crippen molar-refractivity contribution in [1.29, 1.82) is 0 Å². The minimum Gasteiger partial charge on any atom is -0.375 e. The zero-order valence-electron chi connectivity index (χ0n) is 11.9. The lowest BCUT2D eigenvalue weighted by molar-refractivity contribution is 0.261. The van der Waals surface area contributed by atoms with Crippen LogP contribution in [-0.4, -0.2) is 15.3 Å². The predicted octanol–water partition coefficient (Wildman–Crippen LogP) is 3.41. The van der Waals surface area contributed by atoms with Crippen LogP contribution in [0.1, 0.15) is 46.5 Å². The Balaban J connectivity index is 2.26. The molecular formula is C14H22BrN3O. The van der Waals surface area contributed by atoms with Crippen LogP contribution < -0.4 is 10.9 Å². The maximum atomic E-state index is 12.5. The van der Waals surface area contributed by atoms with E-state index in [2.05, 4.69) is 47.1 Å². The Kier molecular flexibility index (Phi) is 4.33. The van der Waals surface area contributed by atoms with Crippen LogP contribution in [0.25, 0.3) is 0 Å². The molecule has 0 bridgehead atoms. The SMILES string of the molecule is CCC(C)(C)Nc1c(Br)cnn(CC2CCC2)c1=O. The zero-order chi connectivity index (χ0) is 14.0. The highest BCUT2D eigenvalue weighted by Crippen LogP contribution is 2.28. The highest BCUT2D eigenvalue weighted by molar-refractivity contribution is 9.10. The molecule has 1 N–H and O–H groups in total. The van der Waals surface area contributed by atoms with Gasteiger partial charge in [-0.1, -0.05) is 13.3 Å². The molecule has 0 radical (unpaired) electrons. The summed E-state index contributed by atoms with van der Waals surface area (Å²) < 4.78 is 2.34. The molecule has 0 aromatic carbocycles. The molecular weight excluding hydrogens is 306 g/mol. The minimum atomic E-state index is -0.0999. The molecule has 4 nitrogen and oxygen atoms in total. The van der Waals surface area contributed by atoms with Gasteiger partial charge in [-0.05, 0) is 55.0 Å². The first kappa shape index (κ1) is 14.6. The molecule has 0 spiro atoms. The molecule has 0 unspecified atom stereocenters. The summed E-state index contributed by atoms with van der Waals surface area (Å²) in [6.07, 6.45) is 6.38. The van der Waals surface area contributed by atoms with Gasteiger partial charge in [-0.2, -0.15) is 5.10 Å². The standard InChI is InChI=1S/C14H22BrN3O/c1-4-14(2,3)17-12-11(15)8-16-18(13(12)19)9-10-6-5-7-10/h8,10,17H,4-7,9H2,1-3H3. The Labute approximate surface area is 122 Å². The van der Waals surface area contributed by atoms with Crippen molar-refractivity contribution in [3.8, 4) is 0 Å². The van der Waals surface area contributed by atoms with Gasteiger partial charge in [0.25, 0.3) is 5.56 Å². The van der Waals surface area contributed by atoms with Crippen molar-refractivity contribution in [2.75, 3.05) is 5.32 Å². The molecule has 1 saturated carbocycles. The lowest BCUT2D eigenvalue weighted by Gasteiger charge is -2.28. The fourth-order valence-corrected chi connectivity index (χ4v) is 2.42. The fraction of sp³-hybridized carbons (Fsp3) is 0.714. The quantitative estimate of drug-likeness (QED) is 0.901. The van der Waals surface area contributed by atoms with Gasteiger partial charge in [0.1, 0.15) is 5.69 Å². The third kappa shape index (κ3) is 3.38. The summed E-state index contributed by atoms with van der Waals surface area (Å²) in [6, 6.07) is 0. The summed E-state index contributed by atoms with van der Waals surface area (Å²) in [5, 5.41) is 7.57. The van der Waals surface area contributed by atoms with Gasteiger partial charge in [-0.25, -0.2) is 4.68 Å². The van der Waals surface area contributed by atoms with E-state index in [1.54, 1.807) is 10.9 Å². The monoisotopic (exact) mass is 327 g/mol. The number of hydrogen-bond donors (Lipinski definition) is 1. The lowest BCUT2D eigenvalue weighted by atomic mass is 9.85. The van der Waals surface area contributed by atoms with Crippen molar-refractivity contribution < 1.29 is 0 Å². The van der Waals surface area contributed by atoms with E-state index in [1.807, 2.05) is 0 Å². The largest absolute Gasteiger partial charge is 0.375 e. The van der Waals surface area contributed by atoms with Crippen LogP contribution in [0.3, 0.4) is 0 Å². The van der Waals surface area contributed by atoms with Gasteiger partial charge < -0.3 is 5.32 Å². The van der Waals surface area contributed by atoms with Crippen molar-refractivity contribution in [3.05, 3.63) is 21.0 Å². The highest BCUT2D eigenvalue weighted by Gasteiger charge is 2.22. The Bertz CT molecular complexity index is 506. The van der Waals surface area contributed by atoms with Crippen LogP contribution in [0.5, 0.6) is 0 Å². The van der Waals surface area contributed by atoms with E-state index in [9.17, 15) is 4.79 Å². The van der Waals surface area contributed by atoms with Crippen LogP contribution in [0.15, 0.2) is 15.5 Å². The van der Waals surface area contributed by atoms with Gasteiger partial charge >= 0.3 is 0 Å². The number of anilines is 1. The summed E-state index contributed by atoms with van der Waals surface area (Å²) in [4.78, 5) is 12.5. The second-order valence-electron chi connectivity index (χ2n) is 6.01. The van der Waals surface area contributed by atoms with Gasteiger partial charge in [-0.3, -0.25) is 4.79 Å². The molecule has 1 aliphatic rings. The molecule has 2 rings (SSSR count). The molecule has 1 aromatic heterocycles. The average Bonchev–Trinajstić information content (AvgIpc) is 2.31. The molecule has 0 saturated heterocycles. The molecule has 1 fully saturated rings. The summed E-state index contributed by atoms with van der Waals surface area (Å²) in [5.41, 5.74) is 0.501. The van der Waals surface area contributed by atoms with E-state index in [-0.39, 0.29) is 11.1 Å². The van der Waals surface area contributed by atoms with Crippen molar-refractivity contribution in [2.45, 2.75) is 58.5 Å². The Hall–Kier alpha value is -0.840. The molecule has 1 aromatic rings. The number of aromatic nitrogens is 2. The smallest absolute Gasteiger partial charge is 0.291 e. The first-order chi connectivity index (χ1) is 8.93. The van der Waals surface area contributed by atoms with E-state index >= 15 is 0 Å². The van der Waals surface area contributed by atoms with Crippen LogP contribution in [0.2, 0.25) is 0 Å². The van der Waals surface area contributed by atoms with Crippen molar-refractivity contribution in [1.82, 2.24) is 9.78 Å². The predicted molar refractivity (Wildman–Crippen MR) is 81.5 cm³/mol. The minimum absolute atomic E-state index is 0.0252. The topological polar surface area (TPSA) is 46.9 Å². The van der Waals surface area contributed by atoms with E-state index < -0.39 is 0 Å². The van der Waals surface area contributed by atoms with Gasteiger partial charge in [0.15, 0.2) is 0 Å². The van der Waals surface area contributed by atoms with Crippen LogP contribution in [-0.2, 0) is 6.54 Å². The Morgan fingerprint density at radius 2 is 2.21 bits per heavy atom. The van der Waals surface area contributed by atoms with Gasteiger partial charge in [0.2, 0.25) is 0 Å². The summed E-state index contributed by atoms with van der Waals surface area (Å²) in [6.45, 7) is 7.04. The molecule has 19 heavy (non-hydrogen) atoms. The van der Waals surface area contributed by atoms with Crippen LogP contribution >= 0.6 is 15.9 Å². The number of rotatable bonds is 5. The molecule has 0 aliphatic heterocycles. The molecule has 5 heteroatoms. The normalized spacial score (nSPS) is 16.2. The van der Waals surface area contributed by atoms with Crippen LogP contribution in [0, 0.1) is 5.92 Å². The number of halogens is 1. The number of nitrogens with one attached hydrogen (secondary N) is 1. The first-order valence-electron chi connectivity index (χ1n) is 6.97. The maximum Gasteiger partial charge on any atom is 0.291 e. The van der Waals surface area contributed by atoms with Gasteiger partial charge in [0.05, 0.1) is 10.7 Å². The van der Waals surface area contributed by atoms with Crippen LogP contribution in [0.4, 0.5) is 5.69 Å². The van der Waals surface area contributed by atoms with E-state index in [1.165, 1.54) is 19.3 Å². The average molecular weight is 328 g/mol. The summed E-state index contributed by atoms with van der Waals surface area (Å²) >= 11 is 3.42. The molecule has 1 heterocycles. The van der Waals surface area contributed by atoms with Crippen molar-refractivity contribution >= 4 is 21.6 Å². The first-order valence-corrected chi connectivity index (χ1v) is 7.76. The van der Waals surface area contributed by atoms with E-state index in [0.29, 0.717) is 11.6 Å². The number of hydrogen-bond acceptors (Lipinski definition) is 3. The Morgan fingerprint density at radius 3 is 2.74 bits per heavy atom. The molecule has 106 valence electrons. The van der Waals surface area contributed by atoms with E-state index in [4.69, 9.17) is 0 Å². The third-order valence-corrected chi connectivity index (χ3v) is 4.60. The van der Waals surface area contributed by atoms with Crippen molar-refractivity contribution in [3.63, 3.8) is 0 Å². The fourth-order valence-electron chi connectivity index (χ4n) is 2.06. The number of nitrogens with zero attached hydrogens (tertiary/aromatic N) is 2. The highest BCUT2D eigenvalue weighted by atomic mass is 79.9. The Morgan fingerprint density at radius 1 is 1.53 bits per heavy atom. The second kappa shape index (κ2) is 5.65. The second-order valence-corrected chi connectivity index (χ2v) is 6.87. The van der Waals surface area contributed by atoms with Gasteiger partial charge in [-0.15, -0.1) is 0 Å². The summed E-state index contributed by atoms with van der Waals surface area (Å²) in [7, 11) is 0.